The Morgan fingerprint density at radius 1 is 1.59 bits per heavy atom. The lowest BCUT2D eigenvalue weighted by Crippen LogP contribution is -2.16. The maximum atomic E-state index is 9.58. The van der Waals surface area contributed by atoms with Crippen LogP contribution < -0.4 is 10.5 Å². The van der Waals surface area contributed by atoms with Gasteiger partial charge in [-0.05, 0) is 17.7 Å². The third kappa shape index (κ3) is 3.10. The Labute approximate surface area is 105 Å². The molecule has 1 aliphatic rings. The van der Waals surface area contributed by atoms with Gasteiger partial charge in [0.05, 0.1) is 24.3 Å². The van der Waals surface area contributed by atoms with Gasteiger partial charge in [0.25, 0.3) is 0 Å². The van der Waals surface area contributed by atoms with E-state index < -0.39 is 6.10 Å². The molecule has 0 aromatic heterocycles. The van der Waals surface area contributed by atoms with Crippen molar-refractivity contribution in [2.75, 3.05) is 19.8 Å². The number of hydrogen-bond acceptors (Lipinski definition) is 4. The van der Waals surface area contributed by atoms with Gasteiger partial charge in [0.15, 0.2) is 0 Å². The number of hydrogen-bond donors (Lipinski definition) is 2. The molecule has 0 radical (unpaired) electrons. The highest BCUT2D eigenvalue weighted by Gasteiger charge is 2.18. The molecule has 2 rings (SSSR count). The minimum atomic E-state index is -0.684. The molecule has 0 aliphatic carbocycles. The van der Waals surface area contributed by atoms with Crippen molar-refractivity contribution in [3.63, 3.8) is 0 Å². The molecule has 0 amide bonds. The highest BCUT2D eigenvalue weighted by atomic mass is 35.5. The van der Waals surface area contributed by atoms with Gasteiger partial charge >= 0.3 is 0 Å². The zero-order valence-corrected chi connectivity index (χ0v) is 10.2. The number of halogens is 1. The largest absolute Gasteiger partial charge is 0.486 e. The lowest BCUT2D eigenvalue weighted by molar-refractivity contribution is 0.141. The van der Waals surface area contributed by atoms with Crippen LogP contribution in [0, 0.1) is 0 Å². The topological polar surface area (TPSA) is 64.7 Å². The van der Waals surface area contributed by atoms with Crippen LogP contribution in [-0.2, 0) is 4.74 Å². The van der Waals surface area contributed by atoms with Crippen LogP contribution in [0.1, 0.15) is 18.1 Å². The molecule has 17 heavy (non-hydrogen) atoms. The van der Waals surface area contributed by atoms with Crippen molar-refractivity contribution < 1.29 is 14.6 Å². The van der Waals surface area contributed by atoms with E-state index in [0.29, 0.717) is 22.9 Å². The van der Waals surface area contributed by atoms with Gasteiger partial charge < -0.3 is 20.3 Å². The molecule has 1 aromatic carbocycles. The van der Waals surface area contributed by atoms with E-state index in [1.807, 2.05) is 0 Å². The molecule has 5 heteroatoms. The van der Waals surface area contributed by atoms with E-state index in [1.165, 1.54) is 0 Å². The van der Waals surface area contributed by atoms with Crippen LogP contribution in [0.5, 0.6) is 5.75 Å². The van der Waals surface area contributed by atoms with Crippen molar-refractivity contribution in [1.82, 2.24) is 0 Å². The normalized spacial score (nSPS) is 21.5. The summed E-state index contributed by atoms with van der Waals surface area (Å²) in [5, 5.41) is 10.1. The van der Waals surface area contributed by atoms with E-state index >= 15 is 0 Å². The lowest BCUT2D eigenvalue weighted by Gasteiger charge is -2.15. The van der Waals surface area contributed by atoms with Gasteiger partial charge in [0.1, 0.15) is 11.9 Å². The van der Waals surface area contributed by atoms with Crippen LogP contribution in [-0.4, -0.2) is 31.0 Å². The van der Waals surface area contributed by atoms with Crippen molar-refractivity contribution in [2.45, 2.75) is 18.6 Å². The Morgan fingerprint density at radius 3 is 3.00 bits per heavy atom. The standard InChI is InChI=1S/C12H16ClNO3/c13-10-5-8(11(15)6-14)1-2-12(10)17-9-3-4-16-7-9/h1-2,5,9,11,15H,3-4,6-7,14H2. The maximum absolute atomic E-state index is 9.58. The highest BCUT2D eigenvalue weighted by molar-refractivity contribution is 6.32. The smallest absolute Gasteiger partial charge is 0.138 e. The molecule has 1 aliphatic heterocycles. The molecule has 0 saturated carbocycles. The van der Waals surface area contributed by atoms with E-state index in [2.05, 4.69) is 0 Å². The molecule has 1 fully saturated rings. The Kier molecular flexibility index (Phi) is 4.23. The molecular weight excluding hydrogens is 242 g/mol. The van der Waals surface area contributed by atoms with Gasteiger partial charge in [-0.15, -0.1) is 0 Å². The van der Waals surface area contributed by atoms with Gasteiger partial charge in [-0.3, -0.25) is 0 Å². The second-order valence-electron chi connectivity index (χ2n) is 4.04. The molecule has 2 atom stereocenters. The predicted molar refractivity (Wildman–Crippen MR) is 65.3 cm³/mol. The molecule has 4 nitrogen and oxygen atoms in total. The summed E-state index contributed by atoms with van der Waals surface area (Å²) in [5.74, 6) is 0.620. The summed E-state index contributed by atoms with van der Waals surface area (Å²) in [6, 6.07) is 5.22. The minimum absolute atomic E-state index is 0.0674. The molecule has 3 N–H and O–H groups in total. The average Bonchev–Trinajstić information content (AvgIpc) is 2.83. The van der Waals surface area contributed by atoms with Crippen molar-refractivity contribution >= 4 is 11.6 Å². The maximum Gasteiger partial charge on any atom is 0.138 e. The second kappa shape index (κ2) is 5.69. The van der Waals surface area contributed by atoms with Crippen molar-refractivity contribution in [3.8, 4) is 5.75 Å². The molecule has 0 bridgehead atoms. The first-order chi connectivity index (χ1) is 8.20. The third-order valence-corrected chi connectivity index (χ3v) is 3.04. The Morgan fingerprint density at radius 2 is 2.41 bits per heavy atom. The van der Waals surface area contributed by atoms with Gasteiger partial charge in [0.2, 0.25) is 0 Å². The van der Waals surface area contributed by atoms with Crippen LogP contribution in [0.3, 0.4) is 0 Å². The van der Waals surface area contributed by atoms with Gasteiger partial charge in [0, 0.05) is 13.0 Å². The van der Waals surface area contributed by atoms with E-state index in [1.54, 1.807) is 18.2 Å². The number of nitrogens with two attached hydrogens (primary N) is 1. The zero-order chi connectivity index (χ0) is 12.3. The number of aliphatic hydroxyl groups is 1. The molecule has 1 aromatic rings. The first-order valence-electron chi connectivity index (χ1n) is 5.62. The van der Waals surface area contributed by atoms with E-state index in [9.17, 15) is 5.11 Å². The predicted octanol–water partition coefficient (Wildman–Crippen LogP) is 1.50. The second-order valence-corrected chi connectivity index (χ2v) is 4.45. The Bertz CT molecular complexity index is 380. The lowest BCUT2D eigenvalue weighted by atomic mass is 10.1. The summed E-state index contributed by atoms with van der Waals surface area (Å²) in [5.41, 5.74) is 6.08. The number of ether oxygens (including phenoxy) is 2. The van der Waals surface area contributed by atoms with Crippen LogP contribution in [0.2, 0.25) is 5.02 Å². The summed E-state index contributed by atoms with van der Waals surface area (Å²) in [6.45, 7) is 1.50. The average molecular weight is 258 g/mol. The minimum Gasteiger partial charge on any atom is -0.486 e. The summed E-state index contributed by atoms with van der Waals surface area (Å²) < 4.78 is 10.9. The van der Waals surface area contributed by atoms with Crippen LogP contribution in [0.25, 0.3) is 0 Å². The highest BCUT2D eigenvalue weighted by Crippen LogP contribution is 2.29. The fourth-order valence-corrected chi connectivity index (χ4v) is 1.97. The molecule has 1 heterocycles. The first-order valence-corrected chi connectivity index (χ1v) is 6.00. The SMILES string of the molecule is NCC(O)c1ccc(OC2CCOC2)c(Cl)c1. The summed E-state index contributed by atoms with van der Waals surface area (Å²) in [4.78, 5) is 0. The third-order valence-electron chi connectivity index (χ3n) is 2.75. The summed E-state index contributed by atoms with van der Waals surface area (Å²) in [6.07, 6.45) is 0.262. The van der Waals surface area contributed by atoms with Crippen molar-refractivity contribution in [1.29, 1.82) is 0 Å². The molecule has 0 spiro atoms. The van der Waals surface area contributed by atoms with Gasteiger partial charge in [-0.1, -0.05) is 17.7 Å². The molecule has 94 valence electrons. The van der Waals surface area contributed by atoms with E-state index in [4.69, 9.17) is 26.8 Å². The monoisotopic (exact) mass is 257 g/mol. The molecular formula is C12H16ClNO3. The van der Waals surface area contributed by atoms with E-state index in [-0.39, 0.29) is 12.6 Å². The number of benzene rings is 1. The fraction of sp³-hybridized carbons (Fsp3) is 0.500. The van der Waals surface area contributed by atoms with Gasteiger partial charge in [-0.25, -0.2) is 0 Å². The number of rotatable bonds is 4. The fourth-order valence-electron chi connectivity index (χ4n) is 1.74. The van der Waals surface area contributed by atoms with Crippen LogP contribution >= 0.6 is 11.6 Å². The quantitative estimate of drug-likeness (QED) is 0.858. The Balaban J connectivity index is 2.08. The van der Waals surface area contributed by atoms with Crippen LogP contribution in [0.4, 0.5) is 0 Å². The van der Waals surface area contributed by atoms with Crippen LogP contribution in [0.15, 0.2) is 18.2 Å². The van der Waals surface area contributed by atoms with E-state index in [0.717, 1.165) is 13.0 Å². The molecule has 2 unspecified atom stereocenters. The zero-order valence-electron chi connectivity index (χ0n) is 9.43. The summed E-state index contributed by atoms with van der Waals surface area (Å²) in [7, 11) is 0. The summed E-state index contributed by atoms with van der Waals surface area (Å²) >= 11 is 6.09. The van der Waals surface area contributed by atoms with Crippen molar-refractivity contribution in [2.24, 2.45) is 5.73 Å². The Hall–Kier alpha value is -0.810. The number of aliphatic hydroxyl groups excluding tert-OH is 1. The first kappa shape index (κ1) is 12.6. The van der Waals surface area contributed by atoms with Gasteiger partial charge in [-0.2, -0.15) is 0 Å². The van der Waals surface area contributed by atoms with Crippen molar-refractivity contribution in [3.05, 3.63) is 28.8 Å². The molecule has 1 saturated heterocycles.